The first kappa shape index (κ1) is 10.2. The van der Waals surface area contributed by atoms with Gasteiger partial charge in [-0.3, -0.25) is 4.79 Å². The van der Waals surface area contributed by atoms with Gasteiger partial charge in [-0.2, -0.15) is 0 Å². The van der Waals surface area contributed by atoms with E-state index >= 15 is 0 Å². The molecule has 0 saturated carbocycles. The molecule has 1 rings (SSSR count). The van der Waals surface area contributed by atoms with Crippen LogP contribution < -0.4 is 0 Å². The Labute approximate surface area is 84.4 Å². The lowest BCUT2D eigenvalue weighted by Crippen LogP contribution is -2.14. The summed E-state index contributed by atoms with van der Waals surface area (Å²) < 4.78 is 9.80. The van der Waals surface area contributed by atoms with Crippen molar-refractivity contribution in [3.8, 4) is 0 Å². The minimum Gasteiger partial charge on any atom is -0.467 e. The Morgan fingerprint density at radius 3 is 3.08 bits per heavy atom. The van der Waals surface area contributed by atoms with E-state index in [4.69, 9.17) is 4.42 Å². The van der Waals surface area contributed by atoms with Crippen molar-refractivity contribution >= 4 is 22.4 Å². The number of nitrogens with zero attached hydrogens (tertiary/aromatic N) is 1. The highest BCUT2D eigenvalue weighted by atomic mass is 79.9. The van der Waals surface area contributed by atoms with Crippen LogP contribution in [0.5, 0.6) is 0 Å². The van der Waals surface area contributed by atoms with Gasteiger partial charge in [0.25, 0.3) is 6.47 Å². The van der Waals surface area contributed by atoms with E-state index in [1.54, 1.807) is 6.20 Å². The Hall–Kier alpha value is -0.840. The van der Waals surface area contributed by atoms with Crippen molar-refractivity contribution < 1.29 is 13.9 Å². The molecule has 1 heterocycles. The number of rotatable bonds is 5. The van der Waals surface area contributed by atoms with Gasteiger partial charge < -0.3 is 9.15 Å². The maximum absolute atomic E-state index is 10.0. The van der Waals surface area contributed by atoms with Crippen LogP contribution in [-0.2, 0) is 9.53 Å². The van der Waals surface area contributed by atoms with Gasteiger partial charge in [0.1, 0.15) is 12.4 Å². The van der Waals surface area contributed by atoms with Crippen molar-refractivity contribution in [1.82, 2.24) is 4.98 Å². The van der Waals surface area contributed by atoms with Crippen molar-refractivity contribution in [3.05, 3.63) is 18.4 Å². The number of alkyl halides is 1. The SMILES string of the molecule is CC(Br)C(COC=O)c1cnco1. The zero-order valence-corrected chi connectivity index (χ0v) is 8.73. The number of oxazole rings is 1. The van der Waals surface area contributed by atoms with E-state index in [0.717, 1.165) is 0 Å². The Morgan fingerprint density at radius 1 is 1.85 bits per heavy atom. The summed E-state index contributed by atoms with van der Waals surface area (Å²) in [6.45, 7) is 2.69. The first-order valence-electron chi connectivity index (χ1n) is 3.83. The van der Waals surface area contributed by atoms with E-state index < -0.39 is 0 Å². The van der Waals surface area contributed by atoms with E-state index in [0.29, 0.717) is 18.8 Å². The van der Waals surface area contributed by atoms with Gasteiger partial charge >= 0.3 is 0 Å². The number of carbonyl (C=O) groups excluding carboxylic acids is 1. The van der Waals surface area contributed by atoms with Crippen LogP contribution >= 0.6 is 15.9 Å². The Balaban J connectivity index is 2.63. The largest absolute Gasteiger partial charge is 0.467 e. The predicted molar refractivity (Wildman–Crippen MR) is 49.6 cm³/mol. The van der Waals surface area contributed by atoms with Gasteiger partial charge in [0.15, 0.2) is 6.39 Å². The van der Waals surface area contributed by atoms with E-state index in [9.17, 15) is 4.79 Å². The third-order valence-electron chi connectivity index (χ3n) is 1.72. The normalized spacial score (nSPS) is 14.9. The zero-order valence-electron chi connectivity index (χ0n) is 7.14. The molecule has 0 amide bonds. The zero-order chi connectivity index (χ0) is 9.68. The molecule has 0 aliphatic carbocycles. The van der Waals surface area contributed by atoms with Gasteiger partial charge in [0.05, 0.1) is 12.1 Å². The monoisotopic (exact) mass is 247 g/mol. The predicted octanol–water partition coefficient (Wildman–Crippen LogP) is 1.71. The number of carbonyl (C=O) groups is 1. The second kappa shape index (κ2) is 5.01. The molecule has 0 aliphatic heterocycles. The molecule has 0 fully saturated rings. The summed E-state index contributed by atoms with van der Waals surface area (Å²) in [5.74, 6) is 0.721. The average molecular weight is 248 g/mol. The van der Waals surface area contributed by atoms with Gasteiger partial charge in [-0.1, -0.05) is 22.9 Å². The van der Waals surface area contributed by atoms with Crippen LogP contribution in [-0.4, -0.2) is 22.9 Å². The topological polar surface area (TPSA) is 52.3 Å². The fraction of sp³-hybridized carbons (Fsp3) is 0.500. The van der Waals surface area contributed by atoms with E-state index in [2.05, 4.69) is 25.7 Å². The molecule has 2 atom stereocenters. The molecule has 2 unspecified atom stereocenters. The molecule has 1 aromatic heterocycles. The highest BCUT2D eigenvalue weighted by Gasteiger charge is 2.20. The molecule has 0 N–H and O–H groups in total. The van der Waals surface area contributed by atoms with Gasteiger partial charge in [-0.15, -0.1) is 0 Å². The fourth-order valence-electron chi connectivity index (χ4n) is 0.993. The van der Waals surface area contributed by atoms with Gasteiger partial charge in [-0.25, -0.2) is 4.98 Å². The Morgan fingerprint density at radius 2 is 2.62 bits per heavy atom. The smallest absolute Gasteiger partial charge is 0.293 e. The van der Waals surface area contributed by atoms with Crippen LogP contribution in [0.25, 0.3) is 0 Å². The lowest BCUT2D eigenvalue weighted by Gasteiger charge is -2.14. The van der Waals surface area contributed by atoms with Gasteiger partial charge in [0, 0.05) is 4.83 Å². The van der Waals surface area contributed by atoms with Gasteiger partial charge in [-0.05, 0) is 0 Å². The second-order valence-corrected chi connectivity index (χ2v) is 4.06. The van der Waals surface area contributed by atoms with Gasteiger partial charge in [0.2, 0.25) is 0 Å². The van der Waals surface area contributed by atoms with Crippen LogP contribution in [0, 0.1) is 0 Å². The summed E-state index contributed by atoms with van der Waals surface area (Å²) in [6.07, 6.45) is 2.98. The van der Waals surface area contributed by atoms with Crippen LogP contribution in [0.15, 0.2) is 17.0 Å². The lowest BCUT2D eigenvalue weighted by atomic mass is 10.1. The van der Waals surface area contributed by atoms with Crippen molar-refractivity contribution in [2.24, 2.45) is 0 Å². The van der Waals surface area contributed by atoms with Crippen LogP contribution in [0.4, 0.5) is 0 Å². The molecular formula is C8H10BrNO3. The number of halogens is 1. The van der Waals surface area contributed by atoms with Crippen LogP contribution in [0.2, 0.25) is 0 Å². The maximum Gasteiger partial charge on any atom is 0.293 e. The third-order valence-corrected chi connectivity index (χ3v) is 2.35. The standard InChI is InChI=1S/C8H10BrNO3/c1-6(9)7(3-12-5-11)8-2-10-4-13-8/h2,4-7H,3H2,1H3. The molecule has 0 bridgehead atoms. The van der Waals surface area contributed by atoms with Crippen molar-refractivity contribution in [2.75, 3.05) is 6.61 Å². The molecule has 0 spiro atoms. The summed E-state index contributed by atoms with van der Waals surface area (Å²) in [6, 6.07) is 0. The number of hydrogen-bond donors (Lipinski definition) is 0. The molecular weight excluding hydrogens is 238 g/mol. The summed E-state index contributed by atoms with van der Waals surface area (Å²) >= 11 is 3.41. The summed E-state index contributed by atoms with van der Waals surface area (Å²) in [5.41, 5.74) is 0. The summed E-state index contributed by atoms with van der Waals surface area (Å²) in [7, 11) is 0. The summed E-state index contributed by atoms with van der Waals surface area (Å²) in [5, 5.41) is 0. The van der Waals surface area contributed by atoms with Crippen LogP contribution in [0.3, 0.4) is 0 Å². The fourth-order valence-corrected chi connectivity index (χ4v) is 1.41. The lowest BCUT2D eigenvalue weighted by molar-refractivity contribution is -0.129. The van der Waals surface area contributed by atoms with Crippen molar-refractivity contribution in [2.45, 2.75) is 17.7 Å². The molecule has 0 aromatic carbocycles. The van der Waals surface area contributed by atoms with Crippen LogP contribution in [0.1, 0.15) is 18.6 Å². The highest BCUT2D eigenvalue weighted by molar-refractivity contribution is 9.09. The Kier molecular flexibility index (Phi) is 3.95. The number of aromatic nitrogens is 1. The highest BCUT2D eigenvalue weighted by Crippen LogP contribution is 2.24. The number of hydrogen-bond acceptors (Lipinski definition) is 4. The molecule has 72 valence electrons. The van der Waals surface area contributed by atoms with Crippen molar-refractivity contribution in [1.29, 1.82) is 0 Å². The average Bonchev–Trinajstić information content (AvgIpc) is 2.57. The first-order valence-corrected chi connectivity index (χ1v) is 4.75. The molecule has 4 nitrogen and oxygen atoms in total. The molecule has 13 heavy (non-hydrogen) atoms. The molecule has 1 aromatic rings. The van der Waals surface area contributed by atoms with E-state index in [1.165, 1.54) is 6.39 Å². The third kappa shape index (κ3) is 2.84. The molecule has 0 radical (unpaired) electrons. The first-order chi connectivity index (χ1) is 6.25. The summed E-state index contributed by atoms with van der Waals surface area (Å²) in [4.78, 5) is 14.0. The maximum atomic E-state index is 10.0. The minimum absolute atomic E-state index is 0.00713. The minimum atomic E-state index is 0.00713. The van der Waals surface area contributed by atoms with E-state index in [-0.39, 0.29) is 10.7 Å². The van der Waals surface area contributed by atoms with Crippen molar-refractivity contribution in [3.63, 3.8) is 0 Å². The Bertz CT molecular complexity index is 248. The second-order valence-electron chi connectivity index (χ2n) is 2.62. The van der Waals surface area contributed by atoms with E-state index in [1.807, 2.05) is 6.92 Å². The quantitative estimate of drug-likeness (QED) is 0.588. The number of ether oxygens (including phenoxy) is 1. The molecule has 0 saturated heterocycles. The molecule has 0 aliphatic rings. The molecule has 5 heteroatoms.